The third kappa shape index (κ3) is 3.52. The van der Waals surface area contributed by atoms with Crippen molar-refractivity contribution >= 4 is 29.3 Å². The summed E-state index contributed by atoms with van der Waals surface area (Å²) < 4.78 is 0. The molecule has 20 heavy (non-hydrogen) atoms. The Morgan fingerprint density at radius 3 is 2.75 bits per heavy atom. The van der Waals surface area contributed by atoms with Gasteiger partial charge in [0.15, 0.2) is 0 Å². The lowest BCUT2D eigenvalue weighted by molar-refractivity contribution is -0.142. The molecule has 0 bridgehead atoms. The van der Waals surface area contributed by atoms with Crippen LogP contribution in [0.4, 0.5) is 5.69 Å². The summed E-state index contributed by atoms with van der Waals surface area (Å²) >= 11 is 1.62. The molecular formula is C14H18N2O3S. The molecule has 5 nitrogen and oxygen atoms in total. The van der Waals surface area contributed by atoms with Crippen molar-refractivity contribution in [1.29, 1.82) is 0 Å². The van der Waals surface area contributed by atoms with Crippen molar-refractivity contribution in [1.82, 2.24) is 4.90 Å². The molecule has 0 aromatic heterocycles. The van der Waals surface area contributed by atoms with Crippen molar-refractivity contribution in [2.75, 3.05) is 36.5 Å². The quantitative estimate of drug-likeness (QED) is 0.902. The fourth-order valence-corrected chi connectivity index (χ4v) is 3.24. The van der Waals surface area contributed by atoms with Gasteiger partial charge in [-0.15, -0.1) is 0 Å². The highest BCUT2D eigenvalue weighted by atomic mass is 32.2. The summed E-state index contributed by atoms with van der Waals surface area (Å²) in [6.45, 7) is 0.777. The highest BCUT2D eigenvalue weighted by molar-refractivity contribution is 7.99. The highest BCUT2D eigenvalue weighted by Crippen LogP contribution is 2.18. The summed E-state index contributed by atoms with van der Waals surface area (Å²) in [5, 5.41) is 9.20. The van der Waals surface area contributed by atoms with Crippen molar-refractivity contribution < 1.29 is 14.7 Å². The number of nitrogens with zero attached hydrogens (tertiary/aromatic N) is 2. The van der Waals surface area contributed by atoms with Gasteiger partial charge in [-0.3, -0.25) is 14.5 Å². The minimum Gasteiger partial charge on any atom is -0.480 e. The number of para-hydroxylation sites is 1. The lowest BCUT2D eigenvalue weighted by Crippen LogP contribution is -2.51. The molecule has 1 unspecified atom stereocenters. The summed E-state index contributed by atoms with van der Waals surface area (Å²) in [6.07, 6.45) is 0. The van der Waals surface area contributed by atoms with Crippen molar-refractivity contribution in [3.63, 3.8) is 0 Å². The van der Waals surface area contributed by atoms with Crippen molar-refractivity contribution in [2.45, 2.75) is 6.04 Å². The van der Waals surface area contributed by atoms with Crippen LogP contribution in [-0.4, -0.2) is 59.6 Å². The molecule has 1 aromatic carbocycles. The number of anilines is 1. The lowest BCUT2D eigenvalue weighted by Gasteiger charge is -2.33. The Morgan fingerprint density at radius 1 is 1.40 bits per heavy atom. The van der Waals surface area contributed by atoms with E-state index in [1.54, 1.807) is 28.6 Å². The number of benzene rings is 1. The first-order valence-corrected chi connectivity index (χ1v) is 7.61. The van der Waals surface area contributed by atoms with Crippen molar-refractivity contribution in [3.05, 3.63) is 30.3 Å². The third-order valence-corrected chi connectivity index (χ3v) is 4.40. The van der Waals surface area contributed by atoms with E-state index in [1.807, 2.05) is 30.3 Å². The van der Waals surface area contributed by atoms with Gasteiger partial charge in [0.2, 0.25) is 5.91 Å². The average molecular weight is 294 g/mol. The molecule has 0 saturated carbocycles. The van der Waals surface area contributed by atoms with Crippen LogP contribution in [0.2, 0.25) is 0 Å². The topological polar surface area (TPSA) is 60.9 Å². The van der Waals surface area contributed by atoms with Crippen LogP contribution in [0.3, 0.4) is 0 Å². The molecule has 1 atom stereocenters. The van der Waals surface area contributed by atoms with Gasteiger partial charge in [-0.2, -0.15) is 11.8 Å². The summed E-state index contributed by atoms with van der Waals surface area (Å²) in [4.78, 5) is 26.8. The number of rotatable bonds is 4. The van der Waals surface area contributed by atoms with E-state index >= 15 is 0 Å². The molecule has 1 aliphatic rings. The van der Waals surface area contributed by atoms with E-state index in [0.717, 1.165) is 11.4 Å². The van der Waals surface area contributed by atoms with Gasteiger partial charge in [0.1, 0.15) is 6.04 Å². The number of carboxylic acid groups (broad SMARTS) is 1. The van der Waals surface area contributed by atoms with Gasteiger partial charge in [0, 0.05) is 30.8 Å². The summed E-state index contributed by atoms with van der Waals surface area (Å²) in [5.74, 6) is 0.464. The fourth-order valence-electron chi connectivity index (χ4n) is 2.13. The lowest BCUT2D eigenvalue weighted by atomic mass is 10.2. The molecule has 1 heterocycles. The largest absolute Gasteiger partial charge is 0.480 e. The molecule has 1 aliphatic heterocycles. The molecule has 0 spiro atoms. The molecule has 1 saturated heterocycles. The minimum absolute atomic E-state index is 0.0886. The van der Waals surface area contributed by atoms with Gasteiger partial charge in [-0.05, 0) is 12.1 Å². The number of hydrogen-bond donors (Lipinski definition) is 1. The highest BCUT2D eigenvalue weighted by Gasteiger charge is 2.30. The Hall–Kier alpha value is -1.53. The second-order valence-corrected chi connectivity index (χ2v) is 5.84. The molecule has 2 rings (SSSR count). The van der Waals surface area contributed by atoms with Crippen LogP contribution < -0.4 is 4.90 Å². The van der Waals surface area contributed by atoms with E-state index in [0.29, 0.717) is 12.3 Å². The van der Waals surface area contributed by atoms with Crippen molar-refractivity contribution in [3.8, 4) is 0 Å². The molecule has 0 aliphatic carbocycles. The minimum atomic E-state index is -0.854. The van der Waals surface area contributed by atoms with Crippen LogP contribution in [0, 0.1) is 0 Å². The molecule has 1 fully saturated rings. The Kier molecular flexibility index (Phi) is 5.03. The molecular weight excluding hydrogens is 276 g/mol. The van der Waals surface area contributed by atoms with Crippen LogP contribution in [-0.2, 0) is 9.59 Å². The zero-order valence-corrected chi connectivity index (χ0v) is 12.2. The first-order chi connectivity index (χ1) is 9.59. The molecule has 1 aromatic rings. The van der Waals surface area contributed by atoms with E-state index in [4.69, 9.17) is 0 Å². The molecule has 0 radical (unpaired) electrons. The molecule has 108 valence electrons. The Balaban J connectivity index is 2.01. The normalized spacial score (nSPS) is 19.6. The maximum atomic E-state index is 12.3. The Labute approximate surface area is 122 Å². The van der Waals surface area contributed by atoms with E-state index in [1.165, 1.54) is 0 Å². The summed E-state index contributed by atoms with van der Waals surface area (Å²) in [6, 6.07) is 8.79. The van der Waals surface area contributed by atoms with Gasteiger partial charge in [0.05, 0.1) is 6.54 Å². The Bertz CT molecular complexity index is 481. The fraction of sp³-hybridized carbons (Fsp3) is 0.429. The molecule has 1 amide bonds. The molecule has 6 heteroatoms. The van der Waals surface area contributed by atoms with E-state index in [2.05, 4.69) is 0 Å². The summed E-state index contributed by atoms with van der Waals surface area (Å²) in [7, 11) is 1.71. The predicted octanol–water partition coefficient (Wildman–Crippen LogP) is 1.15. The zero-order chi connectivity index (χ0) is 14.5. The maximum absolute atomic E-state index is 12.3. The van der Waals surface area contributed by atoms with Crippen LogP contribution >= 0.6 is 11.8 Å². The van der Waals surface area contributed by atoms with Gasteiger partial charge in [-0.25, -0.2) is 0 Å². The van der Waals surface area contributed by atoms with Crippen molar-refractivity contribution in [2.24, 2.45) is 0 Å². The SMILES string of the molecule is CN(C(=O)CN1CCSCC1C(=O)O)c1ccccc1. The zero-order valence-electron chi connectivity index (χ0n) is 11.4. The van der Waals surface area contributed by atoms with E-state index < -0.39 is 12.0 Å². The number of hydrogen-bond acceptors (Lipinski definition) is 4. The van der Waals surface area contributed by atoms with Gasteiger partial charge in [-0.1, -0.05) is 18.2 Å². The number of carboxylic acids is 1. The number of carbonyl (C=O) groups is 2. The first kappa shape index (κ1) is 14.9. The molecule has 1 N–H and O–H groups in total. The Morgan fingerprint density at radius 2 is 2.10 bits per heavy atom. The monoisotopic (exact) mass is 294 g/mol. The van der Waals surface area contributed by atoms with Crippen LogP contribution in [0.1, 0.15) is 0 Å². The number of thioether (sulfide) groups is 1. The van der Waals surface area contributed by atoms with E-state index in [-0.39, 0.29) is 12.5 Å². The van der Waals surface area contributed by atoms with Gasteiger partial charge in [0.25, 0.3) is 0 Å². The standard InChI is InChI=1S/C14H18N2O3S/c1-15(11-5-3-2-4-6-11)13(17)9-16-7-8-20-10-12(16)14(18)19/h2-6,12H,7-10H2,1H3,(H,18,19). The number of amides is 1. The predicted molar refractivity (Wildman–Crippen MR) is 80.2 cm³/mol. The number of carbonyl (C=O) groups excluding carboxylic acids is 1. The second kappa shape index (κ2) is 6.76. The smallest absolute Gasteiger partial charge is 0.321 e. The number of aliphatic carboxylic acids is 1. The summed E-state index contributed by atoms with van der Waals surface area (Å²) in [5.41, 5.74) is 0.816. The third-order valence-electron chi connectivity index (χ3n) is 3.38. The second-order valence-electron chi connectivity index (χ2n) is 4.69. The van der Waals surface area contributed by atoms with Crippen LogP contribution in [0.5, 0.6) is 0 Å². The first-order valence-electron chi connectivity index (χ1n) is 6.46. The van der Waals surface area contributed by atoms with Gasteiger partial charge >= 0.3 is 5.97 Å². The van der Waals surface area contributed by atoms with Crippen LogP contribution in [0.15, 0.2) is 30.3 Å². The average Bonchev–Trinajstić information content (AvgIpc) is 2.47. The van der Waals surface area contributed by atoms with E-state index in [9.17, 15) is 14.7 Å². The number of likely N-dealkylation sites (N-methyl/N-ethyl adjacent to an activating group) is 1. The van der Waals surface area contributed by atoms with Gasteiger partial charge < -0.3 is 10.0 Å². The van der Waals surface area contributed by atoms with Crippen LogP contribution in [0.25, 0.3) is 0 Å². The maximum Gasteiger partial charge on any atom is 0.321 e.